The van der Waals surface area contributed by atoms with Gasteiger partial charge in [0.15, 0.2) is 0 Å². The Morgan fingerprint density at radius 2 is 2.04 bits per heavy atom. The lowest BCUT2D eigenvalue weighted by Gasteiger charge is -2.18. The number of benzene rings is 2. The minimum Gasteiger partial charge on any atom is -0.373 e. The molecule has 0 spiro atoms. The van der Waals surface area contributed by atoms with E-state index in [9.17, 15) is 10.1 Å². The van der Waals surface area contributed by atoms with Gasteiger partial charge in [-0.2, -0.15) is 5.26 Å². The van der Waals surface area contributed by atoms with Crippen LogP contribution in [-0.2, 0) is 11.3 Å². The van der Waals surface area contributed by atoms with Gasteiger partial charge in [-0.1, -0.05) is 45.8 Å². The average Bonchev–Trinajstić information content (AvgIpc) is 2.91. The van der Waals surface area contributed by atoms with Crippen LogP contribution in [0.5, 0.6) is 0 Å². The van der Waals surface area contributed by atoms with Crippen molar-refractivity contribution in [3.05, 3.63) is 63.6 Å². The summed E-state index contributed by atoms with van der Waals surface area (Å²) in [6.45, 7) is 3.40. The molecular weight excluding hydrogens is 366 g/mol. The average molecular weight is 384 g/mol. The Morgan fingerprint density at radius 1 is 1.29 bits per heavy atom. The molecule has 1 fully saturated rings. The van der Waals surface area contributed by atoms with Crippen LogP contribution in [0.2, 0.25) is 0 Å². The summed E-state index contributed by atoms with van der Waals surface area (Å²) in [5.74, 6) is 0.0855. The van der Waals surface area contributed by atoms with Crippen LogP contribution in [0.1, 0.15) is 23.1 Å². The van der Waals surface area contributed by atoms with E-state index in [1.54, 1.807) is 6.07 Å². The zero-order valence-corrected chi connectivity index (χ0v) is 15.0. The van der Waals surface area contributed by atoms with Crippen molar-refractivity contribution in [3.8, 4) is 6.07 Å². The quantitative estimate of drug-likeness (QED) is 0.872. The minimum absolute atomic E-state index is 0.0855. The number of nitrogens with zero attached hydrogens (tertiary/aromatic N) is 2. The maximum atomic E-state index is 12.6. The topological polar surface area (TPSA) is 56.1 Å². The molecule has 1 aliphatic rings. The molecule has 0 saturated carbocycles. The molecule has 0 bridgehead atoms. The van der Waals surface area contributed by atoms with Crippen LogP contribution in [0.15, 0.2) is 46.9 Å². The van der Waals surface area contributed by atoms with E-state index >= 15 is 0 Å². The molecule has 1 amide bonds. The lowest BCUT2D eigenvalue weighted by atomic mass is 10.1. The first kappa shape index (κ1) is 16.5. The maximum Gasteiger partial charge on any atom is 0.245 e. The van der Waals surface area contributed by atoms with Crippen LogP contribution in [0, 0.1) is 18.3 Å². The lowest BCUT2D eigenvalue weighted by Crippen LogP contribution is -2.33. The van der Waals surface area contributed by atoms with Gasteiger partial charge < -0.3 is 10.2 Å². The Morgan fingerprint density at radius 3 is 2.75 bits per heavy atom. The number of halogens is 1. The molecular formula is C19H18BrN3O. The number of nitrogens with one attached hydrogen (secondary N) is 1. The molecule has 1 heterocycles. The molecule has 2 aromatic rings. The highest BCUT2D eigenvalue weighted by molar-refractivity contribution is 9.10. The molecule has 0 radical (unpaired) electrons. The summed E-state index contributed by atoms with van der Waals surface area (Å²) in [6, 6.07) is 15.6. The monoisotopic (exact) mass is 383 g/mol. The fourth-order valence-corrected chi connectivity index (χ4v) is 3.23. The highest BCUT2D eigenvalue weighted by Gasteiger charge is 2.31. The normalized spacial score (nSPS) is 17.0. The van der Waals surface area contributed by atoms with Crippen LogP contribution < -0.4 is 5.32 Å². The molecule has 122 valence electrons. The number of nitriles is 1. The number of rotatable bonds is 4. The fourth-order valence-electron chi connectivity index (χ4n) is 2.87. The predicted molar refractivity (Wildman–Crippen MR) is 97.5 cm³/mol. The molecule has 2 aromatic carbocycles. The fraction of sp³-hybridized carbons (Fsp3) is 0.263. The lowest BCUT2D eigenvalue weighted by molar-refractivity contribution is -0.128. The van der Waals surface area contributed by atoms with Gasteiger partial charge in [0.25, 0.3) is 0 Å². The molecule has 24 heavy (non-hydrogen) atoms. The molecule has 5 heteroatoms. The largest absolute Gasteiger partial charge is 0.373 e. The van der Waals surface area contributed by atoms with Gasteiger partial charge in [0, 0.05) is 17.6 Å². The highest BCUT2D eigenvalue weighted by atomic mass is 79.9. The second-order valence-corrected chi connectivity index (χ2v) is 6.95. The second-order valence-electron chi connectivity index (χ2n) is 6.03. The van der Waals surface area contributed by atoms with Gasteiger partial charge in [0.2, 0.25) is 5.91 Å². The SMILES string of the molecule is Cc1ccc(CN2CCC(Nc3ccc(Br)cc3C#N)C2=O)cc1. The molecule has 1 atom stereocenters. The van der Waals surface area contributed by atoms with E-state index in [2.05, 4.69) is 58.5 Å². The highest BCUT2D eigenvalue weighted by Crippen LogP contribution is 2.24. The van der Waals surface area contributed by atoms with E-state index in [1.165, 1.54) is 5.56 Å². The standard InChI is InChI=1S/C19H18BrN3O/c1-13-2-4-14(5-3-13)12-23-9-8-18(19(23)24)22-17-7-6-16(20)10-15(17)11-21/h2-7,10,18,22H,8-9,12H2,1H3. The molecule has 0 aliphatic carbocycles. The van der Waals surface area contributed by atoms with Crippen molar-refractivity contribution >= 4 is 27.5 Å². The van der Waals surface area contributed by atoms with E-state index in [0.717, 1.165) is 23.0 Å². The van der Waals surface area contributed by atoms with Gasteiger partial charge in [-0.05, 0) is 37.1 Å². The summed E-state index contributed by atoms with van der Waals surface area (Å²) < 4.78 is 0.850. The molecule has 1 saturated heterocycles. The minimum atomic E-state index is -0.274. The number of amides is 1. The van der Waals surface area contributed by atoms with Crippen LogP contribution in [0.25, 0.3) is 0 Å². The first-order valence-electron chi connectivity index (χ1n) is 7.87. The van der Waals surface area contributed by atoms with Crippen molar-refractivity contribution in [2.45, 2.75) is 25.9 Å². The van der Waals surface area contributed by atoms with Gasteiger partial charge in [-0.25, -0.2) is 0 Å². The van der Waals surface area contributed by atoms with Crippen LogP contribution in [0.3, 0.4) is 0 Å². The summed E-state index contributed by atoms with van der Waals surface area (Å²) in [6.07, 6.45) is 0.742. The predicted octanol–water partition coefficient (Wildman–Crippen LogP) is 3.84. The summed E-state index contributed by atoms with van der Waals surface area (Å²) >= 11 is 3.36. The molecule has 1 aliphatic heterocycles. The molecule has 1 N–H and O–H groups in total. The second kappa shape index (κ2) is 7.06. The third-order valence-electron chi connectivity index (χ3n) is 4.22. The first-order valence-corrected chi connectivity index (χ1v) is 8.66. The summed E-state index contributed by atoms with van der Waals surface area (Å²) in [5.41, 5.74) is 3.59. The first-order chi connectivity index (χ1) is 11.6. The van der Waals surface area contributed by atoms with Crippen LogP contribution in [0.4, 0.5) is 5.69 Å². The van der Waals surface area contributed by atoms with Gasteiger partial charge in [0.05, 0.1) is 11.3 Å². The molecule has 3 rings (SSSR count). The Labute approximate surface area is 150 Å². The number of carbonyl (C=O) groups excluding carboxylic acids is 1. The maximum absolute atomic E-state index is 12.6. The smallest absolute Gasteiger partial charge is 0.245 e. The van der Waals surface area contributed by atoms with Gasteiger partial charge in [-0.15, -0.1) is 0 Å². The molecule has 0 aromatic heterocycles. The third kappa shape index (κ3) is 3.60. The molecule has 1 unspecified atom stereocenters. The zero-order chi connectivity index (χ0) is 17.1. The number of hydrogen-bond donors (Lipinski definition) is 1. The van der Waals surface area contributed by atoms with E-state index < -0.39 is 0 Å². The summed E-state index contributed by atoms with van der Waals surface area (Å²) in [5, 5.41) is 12.5. The van der Waals surface area contributed by atoms with Crippen molar-refractivity contribution in [1.82, 2.24) is 4.90 Å². The van der Waals surface area contributed by atoms with E-state index in [4.69, 9.17) is 0 Å². The van der Waals surface area contributed by atoms with E-state index in [0.29, 0.717) is 17.8 Å². The van der Waals surface area contributed by atoms with Crippen molar-refractivity contribution in [2.75, 3.05) is 11.9 Å². The van der Waals surface area contributed by atoms with E-state index in [1.807, 2.05) is 17.0 Å². The third-order valence-corrected chi connectivity index (χ3v) is 4.72. The number of hydrogen-bond acceptors (Lipinski definition) is 3. The van der Waals surface area contributed by atoms with Crippen LogP contribution in [-0.4, -0.2) is 23.4 Å². The van der Waals surface area contributed by atoms with Crippen LogP contribution >= 0.6 is 15.9 Å². The summed E-state index contributed by atoms with van der Waals surface area (Å²) in [4.78, 5) is 14.5. The Kier molecular flexibility index (Phi) is 4.86. The Bertz CT molecular complexity index is 795. The number of likely N-dealkylation sites (tertiary alicyclic amines) is 1. The number of aryl methyl sites for hydroxylation is 1. The number of anilines is 1. The number of carbonyl (C=O) groups is 1. The van der Waals surface area contributed by atoms with Gasteiger partial charge in [-0.3, -0.25) is 4.79 Å². The Hall–Kier alpha value is -2.32. The van der Waals surface area contributed by atoms with Gasteiger partial charge >= 0.3 is 0 Å². The van der Waals surface area contributed by atoms with Crippen molar-refractivity contribution in [1.29, 1.82) is 5.26 Å². The van der Waals surface area contributed by atoms with Gasteiger partial charge in [0.1, 0.15) is 12.1 Å². The van der Waals surface area contributed by atoms with Crippen molar-refractivity contribution in [2.24, 2.45) is 0 Å². The van der Waals surface area contributed by atoms with Crippen molar-refractivity contribution in [3.63, 3.8) is 0 Å². The Balaban J connectivity index is 1.68. The molecule has 4 nitrogen and oxygen atoms in total. The van der Waals surface area contributed by atoms with E-state index in [-0.39, 0.29) is 11.9 Å². The summed E-state index contributed by atoms with van der Waals surface area (Å²) in [7, 11) is 0. The van der Waals surface area contributed by atoms with Crippen molar-refractivity contribution < 1.29 is 4.79 Å². The zero-order valence-electron chi connectivity index (χ0n) is 13.4.